The van der Waals surface area contributed by atoms with Crippen LogP contribution in [-0.4, -0.2) is 52.2 Å². The molecule has 1 rings (SSSR count). The first kappa shape index (κ1) is 18.5. The topological polar surface area (TPSA) is 66.5 Å². The van der Waals surface area contributed by atoms with Crippen LogP contribution < -0.4 is 5.32 Å². The molecule has 0 spiro atoms. The van der Waals surface area contributed by atoms with Gasteiger partial charge >= 0.3 is 5.76 Å². The number of halogens is 2. The van der Waals surface area contributed by atoms with E-state index in [9.17, 15) is 22.0 Å². The standard InChI is InChI=1S/C14H20F2N2O3S/c1-18(2)9-3-8-17-13(19)10-11-4-6-12(7-5-11)22(20,21)14(15)16/h4-7,14H,3,8-10H2,1-2H3,(H,17,19). The van der Waals surface area contributed by atoms with Crippen molar-refractivity contribution in [2.75, 3.05) is 27.2 Å². The van der Waals surface area contributed by atoms with Crippen LogP contribution in [0.2, 0.25) is 0 Å². The van der Waals surface area contributed by atoms with Crippen molar-refractivity contribution < 1.29 is 22.0 Å². The molecule has 0 saturated heterocycles. The second-order valence-electron chi connectivity index (χ2n) is 5.13. The zero-order valence-electron chi connectivity index (χ0n) is 12.6. The Kier molecular flexibility index (Phi) is 6.89. The van der Waals surface area contributed by atoms with E-state index in [2.05, 4.69) is 5.32 Å². The van der Waals surface area contributed by atoms with E-state index in [1.54, 1.807) is 0 Å². The van der Waals surface area contributed by atoms with Crippen molar-refractivity contribution in [2.45, 2.75) is 23.5 Å². The van der Waals surface area contributed by atoms with E-state index in [1.165, 1.54) is 12.1 Å². The summed E-state index contributed by atoms with van der Waals surface area (Å²) in [7, 11) is -0.704. The highest BCUT2D eigenvalue weighted by atomic mass is 32.2. The van der Waals surface area contributed by atoms with Gasteiger partial charge in [-0.05, 0) is 44.8 Å². The maximum Gasteiger partial charge on any atom is 0.341 e. The van der Waals surface area contributed by atoms with Crippen LogP contribution >= 0.6 is 0 Å². The fourth-order valence-corrected chi connectivity index (χ4v) is 2.49. The number of hydrogen-bond acceptors (Lipinski definition) is 4. The summed E-state index contributed by atoms with van der Waals surface area (Å²) in [5, 5.41) is 2.75. The number of nitrogens with one attached hydrogen (secondary N) is 1. The van der Waals surface area contributed by atoms with Crippen LogP contribution in [0, 0.1) is 0 Å². The minimum Gasteiger partial charge on any atom is -0.356 e. The lowest BCUT2D eigenvalue weighted by Gasteiger charge is -2.10. The SMILES string of the molecule is CN(C)CCCNC(=O)Cc1ccc(S(=O)(=O)C(F)F)cc1. The number of hydrogen-bond donors (Lipinski definition) is 1. The fourth-order valence-electron chi connectivity index (χ4n) is 1.77. The molecule has 124 valence electrons. The van der Waals surface area contributed by atoms with E-state index in [4.69, 9.17) is 0 Å². The largest absolute Gasteiger partial charge is 0.356 e. The fraction of sp³-hybridized carbons (Fsp3) is 0.500. The third kappa shape index (κ3) is 5.69. The quantitative estimate of drug-likeness (QED) is 0.728. The molecule has 0 aliphatic heterocycles. The molecular formula is C14H20F2N2O3S. The molecule has 0 saturated carbocycles. The van der Waals surface area contributed by atoms with Crippen LogP contribution in [0.15, 0.2) is 29.2 Å². The molecular weight excluding hydrogens is 314 g/mol. The molecule has 1 amide bonds. The van der Waals surface area contributed by atoms with Crippen molar-refractivity contribution in [3.8, 4) is 0 Å². The Hall–Kier alpha value is -1.54. The lowest BCUT2D eigenvalue weighted by molar-refractivity contribution is -0.120. The first-order valence-electron chi connectivity index (χ1n) is 6.76. The molecule has 0 aromatic heterocycles. The zero-order chi connectivity index (χ0) is 16.8. The number of nitrogens with zero attached hydrogens (tertiary/aromatic N) is 1. The van der Waals surface area contributed by atoms with Crippen molar-refractivity contribution in [3.63, 3.8) is 0 Å². The minimum atomic E-state index is -4.59. The van der Waals surface area contributed by atoms with E-state index < -0.39 is 20.5 Å². The van der Waals surface area contributed by atoms with Gasteiger partial charge in [0.1, 0.15) is 0 Å². The predicted molar refractivity (Wildman–Crippen MR) is 79.5 cm³/mol. The molecule has 0 radical (unpaired) electrons. The molecule has 22 heavy (non-hydrogen) atoms. The number of sulfone groups is 1. The van der Waals surface area contributed by atoms with Gasteiger partial charge in [0.05, 0.1) is 11.3 Å². The molecule has 0 aliphatic carbocycles. The molecule has 0 bridgehead atoms. The molecule has 8 heteroatoms. The average molecular weight is 334 g/mol. The lowest BCUT2D eigenvalue weighted by Crippen LogP contribution is -2.28. The van der Waals surface area contributed by atoms with Gasteiger partial charge in [0.2, 0.25) is 15.7 Å². The summed E-state index contributed by atoms with van der Waals surface area (Å²) in [6, 6.07) is 4.93. The lowest BCUT2D eigenvalue weighted by atomic mass is 10.1. The molecule has 0 aliphatic rings. The Bertz CT molecular complexity index is 587. The second-order valence-corrected chi connectivity index (χ2v) is 7.05. The summed E-state index contributed by atoms with van der Waals surface area (Å²) in [5.74, 6) is -3.64. The van der Waals surface area contributed by atoms with E-state index >= 15 is 0 Å². The summed E-state index contributed by atoms with van der Waals surface area (Å²) in [6.45, 7) is 1.41. The minimum absolute atomic E-state index is 0.0803. The first-order valence-corrected chi connectivity index (χ1v) is 8.30. The smallest absolute Gasteiger partial charge is 0.341 e. The Labute approximate surface area is 129 Å². The van der Waals surface area contributed by atoms with Gasteiger partial charge in [-0.25, -0.2) is 8.42 Å². The molecule has 1 aromatic rings. The van der Waals surface area contributed by atoms with E-state index in [1.807, 2.05) is 19.0 Å². The highest BCUT2D eigenvalue weighted by Gasteiger charge is 2.26. The Morgan fingerprint density at radius 1 is 1.23 bits per heavy atom. The summed E-state index contributed by atoms with van der Waals surface area (Å²) in [6.07, 6.45) is 0.904. The molecule has 0 unspecified atom stereocenters. The summed E-state index contributed by atoms with van der Waals surface area (Å²) in [5.41, 5.74) is 0.568. The highest BCUT2D eigenvalue weighted by Crippen LogP contribution is 2.18. The summed E-state index contributed by atoms with van der Waals surface area (Å²) in [4.78, 5) is 13.2. The molecule has 1 aromatic carbocycles. The summed E-state index contributed by atoms with van der Waals surface area (Å²) < 4.78 is 47.3. The zero-order valence-corrected chi connectivity index (χ0v) is 13.4. The Morgan fingerprint density at radius 3 is 2.32 bits per heavy atom. The second kappa shape index (κ2) is 8.19. The molecule has 5 nitrogen and oxygen atoms in total. The third-order valence-corrected chi connectivity index (χ3v) is 4.35. The first-order chi connectivity index (χ1) is 10.2. The van der Waals surface area contributed by atoms with Gasteiger partial charge in [-0.2, -0.15) is 8.78 Å². The van der Waals surface area contributed by atoms with Gasteiger partial charge in [0.25, 0.3) is 0 Å². The number of alkyl halides is 2. The van der Waals surface area contributed by atoms with Crippen LogP contribution in [0.4, 0.5) is 8.78 Å². The van der Waals surface area contributed by atoms with E-state index in [-0.39, 0.29) is 12.3 Å². The third-order valence-electron chi connectivity index (χ3n) is 2.96. The number of amides is 1. The Balaban J connectivity index is 2.53. The van der Waals surface area contributed by atoms with Crippen LogP contribution in [-0.2, 0) is 21.1 Å². The maximum absolute atomic E-state index is 12.4. The molecule has 1 N–H and O–H groups in total. The number of benzene rings is 1. The Morgan fingerprint density at radius 2 is 1.82 bits per heavy atom. The van der Waals surface area contributed by atoms with Crippen molar-refractivity contribution >= 4 is 15.7 Å². The van der Waals surface area contributed by atoms with Crippen LogP contribution in [0.5, 0.6) is 0 Å². The maximum atomic E-state index is 12.4. The monoisotopic (exact) mass is 334 g/mol. The number of carbonyl (C=O) groups excluding carboxylic acids is 1. The van der Waals surface area contributed by atoms with Crippen molar-refractivity contribution in [3.05, 3.63) is 29.8 Å². The van der Waals surface area contributed by atoms with Crippen molar-refractivity contribution in [1.29, 1.82) is 0 Å². The van der Waals surface area contributed by atoms with Crippen LogP contribution in [0.1, 0.15) is 12.0 Å². The van der Waals surface area contributed by atoms with Gasteiger partial charge in [-0.15, -0.1) is 0 Å². The molecule has 0 fully saturated rings. The number of rotatable bonds is 8. The average Bonchev–Trinajstić information content (AvgIpc) is 2.44. The van der Waals surface area contributed by atoms with Crippen molar-refractivity contribution in [1.82, 2.24) is 10.2 Å². The molecule has 0 heterocycles. The van der Waals surface area contributed by atoms with Gasteiger partial charge < -0.3 is 10.2 Å². The number of carbonyl (C=O) groups is 1. The van der Waals surface area contributed by atoms with Crippen LogP contribution in [0.3, 0.4) is 0 Å². The summed E-state index contributed by atoms with van der Waals surface area (Å²) >= 11 is 0. The van der Waals surface area contributed by atoms with Gasteiger partial charge in [0.15, 0.2) is 0 Å². The van der Waals surface area contributed by atoms with Crippen molar-refractivity contribution in [2.24, 2.45) is 0 Å². The van der Waals surface area contributed by atoms with Gasteiger partial charge in [-0.1, -0.05) is 12.1 Å². The highest BCUT2D eigenvalue weighted by molar-refractivity contribution is 7.91. The normalized spacial score (nSPS) is 11.9. The predicted octanol–water partition coefficient (Wildman–Crippen LogP) is 1.29. The molecule has 0 atom stereocenters. The van der Waals surface area contributed by atoms with Gasteiger partial charge in [-0.3, -0.25) is 4.79 Å². The van der Waals surface area contributed by atoms with E-state index in [0.717, 1.165) is 25.1 Å². The van der Waals surface area contributed by atoms with Crippen LogP contribution in [0.25, 0.3) is 0 Å². The van der Waals surface area contributed by atoms with E-state index in [0.29, 0.717) is 12.1 Å². The van der Waals surface area contributed by atoms with Gasteiger partial charge in [0, 0.05) is 6.54 Å².